The van der Waals surface area contributed by atoms with Crippen LogP contribution in [0.4, 0.5) is 4.79 Å². The first kappa shape index (κ1) is 31.4. The first-order valence-electron chi connectivity index (χ1n) is 13.9. The predicted octanol–water partition coefficient (Wildman–Crippen LogP) is -0.498. The number of likely N-dealkylation sites (N-methyl/N-ethyl adjacent to an activating group) is 1. The number of nitrogens with one attached hydrogen (secondary N) is 3. The van der Waals surface area contributed by atoms with Gasteiger partial charge in [0, 0.05) is 26.6 Å². The van der Waals surface area contributed by atoms with Crippen LogP contribution in [0.2, 0.25) is 0 Å². The molecule has 1 aromatic carbocycles. The molecule has 13 heteroatoms. The van der Waals surface area contributed by atoms with Gasteiger partial charge in [0.2, 0.25) is 29.5 Å². The summed E-state index contributed by atoms with van der Waals surface area (Å²) in [6.45, 7) is 5.23. The Bertz CT molecular complexity index is 1130. The molecule has 2 aliphatic heterocycles. The Hall–Kier alpha value is -4.16. The molecule has 1 aromatic rings. The molecular formula is C28H40N6O7. The van der Waals surface area contributed by atoms with Crippen LogP contribution in [0.15, 0.2) is 30.3 Å². The van der Waals surface area contributed by atoms with Crippen molar-refractivity contribution in [3.8, 4) is 0 Å². The first-order valence-corrected chi connectivity index (χ1v) is 13.9. The number of nitrogens with zero attached hydrogens (tertiary/aromatic N) is 3. The molecule has 0 radical (unpaired) electrons. The number of hydrogen-bond acceptors (Lipinski definition) is 7. The van der Waals surface area contributed by atoms with Gasteiger partial charge in [0.1, 0.15) is 31.3 Å². The molecule has 0 aliphatic carbocycles. The third-order valence-corrected chi connectivity index (χ3v) is 7.14. The molecule has 0 spiro atoms. The highest BCUT2D eigenvalue weighted by Gasteiger charge is 2.34. The number of hydrogen-bond donors (Lipinski definition) is 3. The summed E-state index contributed by atoms with van der Waals surface area (Å²) in [7, 11) is 1.45. The van der Waals surface area contributed by atoms with E-state index in [1.165, 1.54) is 21.7 Å². The maximum atomic E-state index is 13.3. The van der Waals surface area contributed by atoms with Crippen LogP contribution in [0, 0.1) is 5.92 Å². The van der Waals surface area contributed by atoms with Crippen LogP contribution in [0.25, 0.3) is 0 Å². The highest BCUT2D eigenvalue weighted by molar-refractivity contribution is 5.95. The lowest BCUT2D eigenvalue weighted by atomic mass is 10.0. The van der Waals surface area contributed by atoms with Gasteiger partial charge in [-0.05, 0) is 24.8 Å². The molecular weight excluding hydrogens is 532 g/mol. The van der Waals surface area contributed by atoms with E-state index in [-0.39, 0.29) is 51.7 Å². The number of amides is 6. The van der Waals surface area contributed by atoms with Gasteiger partial charge in [-0.25, -0.2) is 4.79 Å². The molecule has 0 bridgehead atoms. The summed E-state index contributed by atoms with van der Waals surface area (Å²) in [4.78, 5) is 81.6. The number of rotatable bonds is 5. The van der Waals surface area contributed by atoms with E-state index >= 15 is 0 Å². The van der Waals surface area contributed by atoms with Crippen LogP contribution < -0.4 is 16.0 Å². The van der Waals surface area contributed by atoms with Crippen molar-refractivity contribution in [1.82, 2.24) is 30.7 Å². The van der Waals surface area contributed by atoms with Crippen LogP contribution in [0.5, 0.6) is 0 Å². The zero-order chi connectivity index (χ0) is 30.1. The lowest BCUT2D eigenvalue weighted by Crippen LogP contribution is -2.58. The summed E-state index contributed by atoms with van der Waals surface area (Å²) in [6, 6.07) is 6.42. The zero-order valence-corrected chi connectivity index (χ0v) is 24.1. The molecule has 3 atom stereocenters. The molecule has 2 aliphatic rings. The third kappa shape index (κ3) is 8.66. The van der Waals surface area contributed by atoms with Crippen LogP contribution in [0.1, 0.15) is 32.8 Å². The van der Waals surface area contributed by atoms with Crippen molar-refractivity contribution in [3.63, 3.8) is 0 Å². The van der Waals surface area contributed by atoms with Gasteiger partial charge < -0.3 is 30.5 Å². The number of carbonyl (C=O) groups is 6. The summed E-state index contributed by atoms with van der Waals surface area (Å²) in [5, 5.41) is 8.29. The normalized spacial score (nSPS) is 23.7. The summed E-state index contributed by atoms with van der Waals surface area (Å²) >= 11 is 0. The van der Waals surface area contributed by atoms with Crippen LogP contribution in [-0.4, -0.2) is 115 Å². The second kappa shape index (κ2) is 14.5. The van der Waals surface area contributed by atoms with Crippen molar-refractivity contribution < 1.29 is 33.5 Å². The van der Waals surface area contributed by atoms with Gasteiger partial charge in [-0.15, -0.1) is 0 Å². The van der Waals surface area contributed by atoms with E-state index in [2.05, 4.69) is 16.0 Å². The van der Waals surface area contributed by atoms with Crippen molar-refractivity contribution in [1.29, 1.82) is 0 Å². The fourth-order valence-corrected chi connectivity index (χ4v) is 4.70. The van der Waals surface area contributed by atoms with Crippen LogP contribution in [0.3, 0.4) is 0 Å². The summed E-state index contributed by atoms with van der Waals surface area (Å²) in [5.41, 5.74) is 0.848. The van der Waals surface area contributed by atoms with E-state index in [4.69, 9.17) is 4.74 Å². The third-order valence-electron chi connectivity index (χ3n) is 7.14. The largest absolute Gasteiger partial charge is 0.448 e. The Labute approximate surface area is 239 Å². The molecule has 2 fully saturated rings. The summed E-state index contributed by atoms with van der Waals surface area (Å²) < 4.78 is 4.91. The fraction of sp³-hybridized carbons (Fsp3) is 0.571. The second-order valence-corrected chi connectivity index (χ2v) is 10.7. The Morgan fingerprint density at radius 2 is 1.73 bits per heavy atom. The average Bonchev–Trinajstić information content (AvgIpc) is 3.33. The van der Waals surface area contributed by atoms with Gasteiger partial charge in [0.15, 0.2) is 0 Å². The smallest absolute Gasteiger partial charge is 0.410 e. The van der Waals surface area contributed by atoms with Crippen molar-refractivity contribution in [2.75, 3.05) is 46.4 Å². The number of ether oxygens (including phenoxy) is 1. The molecule has 0 saturated carbocycles. The van der Waals surface area contributed by atoms with Gasteiger partial charge in [-0.1, -0.05) is 44.2 Å². The topological polar surface area (TPSA) is 157 Å². The standard InChI is InChI=1S/C28H40N6O7/c1-18(2)24-27(39)32(4)16-22(35)30-21(15-20-9-6-5-7-10-20)26(38)29-11-8-12-34(19(3)25(37)31-24)23(36)17-33-13-14-41-28(33)40/h5-7,9-10,18-19,21,24H,8,11-17H2,1-4H3,(H,29,38)(H,30,35)(H,31,37)/t19-,21+,24+/m1/s1. The quantitative estimate of drug-likeness (QED) is 0.429. The lowest BCUT2D eigenvalue weighted by Gasteiger charge is -2.33. The Morgan fingerprint density at radius 1 is 1.02 bits per heavy atom. The Kier molecular flexibility index (Phi) is 11.1. The molecule has 2 heterocycles. The van der Waals surface area contributed by atoms with E-state index in [0.29, 0.717) is 6.42 Å². The van der Waals surface area contributed by atoms with E-state index in [0.717, 1.165) is 5.56 Å². The van der Waals surface area contributed by atoms with Gasteiger partial charge in [-0.2, -0.15) is 0 Å². The van der Waals surface area contributed by atoms with Gasteiger partial charge in [-0.3, -0.25) is 28.9 Å². The molecule has 0 unspecified atom stereocenters. The zero-order valence-electron chi connectivity index (χ0n) is 24.1. The van der Waals surface area contributed by atoms with Crippen molar-refractivity contribution >= 4 is 35.6 Å². The minimum absolute atomic E-state index is 0.104. The van der Waals surface area contributed by atoms with E-state index < -0.39 is 53.8 Å². The molecule has 3 rings (SSSR count). The number of carbonyl (C=O) groups excluding carboxylic acids is 6. The number of benzene rings is 1. The highest BCUT2D eigenvalue weighted by Crippen LogP contribution is 2.11. The van der Waals surface area contributed by atoms with E-state index in [1.54, 1.807) is 20.8 Å². The summed E-state index contributed by atoms with van der Waals surface area (Å²) in [6.07, 6.45) is -0.0491. The van der Waals surface area contributed by atoms with Crippen molar-refractivity contribution in [2.45, 2.75) is 51.7 Å². The van der Waals surface area contributed by atoms with Gasteiger partial charge >= 0.3 is 6.09 Å². The summed E-state index contributed by atoms with van der Waals surface area (Å²) in [5.74, 6) is -2.73. The first-order chi connectivity index (χ1) is 19.5. The molecule has 3 N–H and O–H groups in total. The molecule has 6 amide bonds. The van der Waals surface area contributed by atoms with Gasteiger partial charge in [0.25, 0.3) is 0 Å². The average molecular weight is 573 g/mol. The molecule has 224 valence electrons. The maximum absolute atomic E-state index is 13.3. The maximum Gasteiger partial charge on any atom is 0.410 e. The minimum atomic E-state index is -0.974. The predicted molar refractivity (Wildman–Crippen MR) is 148 cm³/mol. The highest BCUT2D eigenvalue weighted by atomic mass is 16.6. The number of cyclic esters (lactones) is 1. The molecule has 13 nitrogen and oxygen atoms in total. The Morgan fingerprint density at radius 3 is 2.37 bits per heavy atom. The van der Waals surface area contributed by atoms with Crippen molar-refractivity contribution in [2.24, 2.45) is 5.92 Å². The SMILES string of the molecule is CC(C)[C@@H]1NC(=O)[C@@H](C)N(C(=O)CN2CCOC2=O)CCCNC(=O)[C@H](Cc2ccccc2)NC(=O)CN(C)C1=O. The fourth-order valence-electron chi connectivity index (χ4n) is 4.70. The monoisotopic (exact) mass is 572 g/mol. The second-order valence-electron chi connectivity index (χ2n) is 10.7. The van der Waals surface area contributed by atoms with Gasteiger partial charge in [0.05, 0.1) is 13.1 Å². The van der Waals surface area contributed by atoms with E-state index in [1.807, 2.05) is 30.3 Å². The minimum Gasteiger partial charge on any atom is -0.448 e. The molecule has 2 saturated heterocycles. The lowest BCUT2D eigenvalue weighted by molar-refractivity contribution is -0.143. The molecule has 0 aromatic heterocycles. The van der Waals surface area contributed by atoms with Crippen LogP contribution >= 0.6 is 0 Å². The van der Waals surface area contributed by atoms with Crippen LogP contribution in [-0.2, 0) is 35.1 Å². The Balaban J connectivity index is 1.85. The molecule has 41 heavy (non-hydrogen) atoms. The van der Waals surface area contributed by atoms with E-state index in [9.17, 15) is 28.8 Å². The van der Waals surface area contributed by atoms with Crippen molar-refractivity contribution in [3.05, 3.63) is 35.9 Å².